The van der Waals surface area contributed by atoms with Crippen molar-refractivity contribution in [3.05, 3.63) is 11.3 Å². The van der Waals surface area contributed by atoms with Gasteiger partial charge in [-0.2, -0.15) is 5.26 Å². The van der Waals surface area contributed by atoms with Crippen LogP contribution in [0.4, 0.5) is 0 Å². The van der Waals surface area contributed by atoms with Gasteiger partial charge in [0, 0.05) is 5.71 Å². The molecule has 0 aliphatic carbocycles. The number of nitriles is 1. The number of hydrogen-bond acceptors (Lipinski definition) is 3. The number of ketones is 1. The average molecular weight is 183 g/mol. The first-order valence-electron chi connectivity index (χ1n) is 3.42. The van der Waals surface area contributed by atoms with E-state index in [1.807, 2.05) is 0 Å². The van der Waals surface area contributed by atoms with Crippen LogP contribution in [0.2, 0.25) is 0 Å². The van der Waals surface area contributed by atoms with Crippen LogP contribution in [-0.2, 0) is 4.79 Å². The van der Waals surface area contributed by atoms with Gasteiger partial charge in [-0.25, -0.2) is 0 Å². The maximum absolute atomic E-state index is 11.3. The maximum atomic E-state index is 11.3. The van der Waals surface area contributed by atoms with Crippen LogP contribution in [0.3, 0.4) is 0 Å². The number of carbonyl (C=O) groups is 1. The van der Waals surface area contributed by atoms with E-state index in [9.17, 15) is 4.79 Å². The Labute approximate surface area is 75.4 Å². The minimum absolute atomic E-state index is 0.0700. The van der Waals surface area contributed by atoms with Crippen molar-refractivity contribution in [3.8, 4) is 6.07 Å². The molecule has 0 spiro atoms. The van der Waals surface area contributed by atoms with Crippen LogP contribution in [0.25, 0.3) is 0 Å². The van der Waals surface area contributed by atoms with E-state index in [1.165, 1.54) is 0 Å². The molecule has 0 saturated heterocycles. The average Bonchev–Trinajstić information content (AvgIpc) is 2.01. The Balaban J connectivity index is 3.22. The highest BCUT2D eigenvalue weighted by Gasteiger charge is 2.27. The van der Waals surface area contributed by atoms with Crippen LogP contribution in [-0.4, -0.2) is 16.9 Å². The number of rotatable bonds is 0. The highest BCUT2D eigenvalue weighted by molar-refractivity contribution is 6.46. The van der Waals surface area contributed by atoms with Crippen molar-refractivity contribution in [2.45, 2.75) is 19.2 Å². The summed E-state index contributed by atoms with van der Waals surface area (Å²) in [7, 11) is 0. The molecular formula is C8H7ClN2O. The first-order chi connectivity index (χ1) is 5.57. The zero-order valence-electron chi connectivity index (χ0n) is 6.76. The van der Waals surface area contributed by atoms with Gasteiger partial charge in [0.25, 0.3) is 0 Å². The summed E-state index contributed by atoms with van der Waals surface area (Å²) >= 11 is 5.69. The van der Waals surface area contributed by atoms with Crippen LogP contribution in [0.5, 0.6) is 0 Å². The van der Waals surface area contributed by atoms with Gasteiger partial charge in [-0.15, -0.1) is 11.6 Å². The Hall–Kier alpha value is -1.14. The Morgan fingerprint density at radius 1 is 1.58 bits per heavy atom. The smallest absolute Gasteiger partial charge is 0.198 e. The van der Waals surface area contributed by atoms with Crippen molar-refractivity contribution in [3.63, 3.8) is 0 Å². The second-order valence-electron chi connectivity index (χ2n) is 2.55. The predicted octanol–water partition coefficient (Wildman–Crippen LogP) is 1.43. The van der Waals surface area contributed by atoms with Crippen LogP contribution in [0.1, 0.15) is 13.8 Å². The highest BCUT2D eigenvalue weighted by atomic mass is 35.5. The Bertz CT molecular complexity index is 335. The number of aliphatic imine (C=N–C) groups is 1. The standard InChI is InChI=1S/C8H7ClN2O/c1-4-6(3-10)8(12)7(9)5(2)11-4/h7H,1-2H3. The second kappa shape index (κ2) is 3.08. The van der Waals surface area contributed by atoms with E-state index in [0.29, 0.717) is 11.4 Å². The lowest BCUT2D eigenvalue weighted by atomic mass is 10.0. The Morgan fingerprint density at radius 3 is 2.67 bits per heavy atom. The number of alkyl halides is 1. The molecule has 62 valence electrons. The van der Waals surface area contributed by atoms with Gasteiger partial charge in [-0.05, 0) is 13.8 Å². The molecule has 4 heteroatoms. The SMILES string of the molecule is CC1=NC(C)=C(C#N)C(=O)C1Cl. The molecule has 12 heavy (non-hydrogen) atoms. The molecule has 1 unspecified atom stereocenters. The maximum Gasteiger partial charge on any atom is 0.198 e. The van der Waals surface area contributed by atoms with Crippen molar-refractivity contribution in [1.29, 1.82) is 5.26 Å². The van der Waals surface area contributed by atoms with E-state index >= 15 is 0 Å². The van der Waals surface area contributed by atoms with Gasteiger partial charge in [0.1, 0.15) is 17.0 Å². The van der Waals surface area contributed by atoms with E-state index in [0.717, 1.165) is 0 Å². The van der Waals surface area contributed by atoms with E-state index in [2.05, 4.69) is 4.99 Å². The minimum atomic E-state index is -0.761. The van der Waals surface area contributed by atoms with E-state index < -0.39 is 5.38 Å². The molecule has 1 aliphatic heterocycles. The molecular weight excluding hydrogens is 176 g/mol. The summed E-state index contributed by atoms with van der Waals surface area (Å²) in [6.07, 6.45) is 0. The van der Waals surface area contributed by atoms with Gasteiger partial charge in [0.05, 0.1) is 5.70 Å². The summed E-state index contributed by atoms with van der Waals surface area (Å²) in [6.45, 7) is 3.30. The van der Waals surface area contributed by atoms with Crippen LogP contribution < -0.4 is 0 Å². The number of hydrogen-bond donors (Lipinski definition) is 0. The number of carbonyl (C=O) groups excluding carboxylic acids is 1. The third-order valence-electron chi connectivity index (χ3n) is 1.66. The van der Waals surface area contributed by atoms with Crippen molar-refractivity contribution in [2.75, 3.05) is 0 Å². The first-order valence-corrected chi connectivity index (χ1v) is 3.86. The highest BCUT2D eigenvalue weighted by Crippen LogP contribution is 2.19. The molecule has 0 aromatic rings. The van der Waals surface area contributed by atoms with Gasteiger partial charge in [-0.3, -0.25) is 9.79 Å². The zero-order chi connectivity index (χ0) is 9.30. The van der Waals surface area contributed by atoms with E-state index in [1.54, 1.807) is 19.9 Å². The molecule has 0 bridgehead atoms. The Kier molecular flexibility index (Phi) is 2.30. The normalized spacial score (nSPS) is 23.7. The molecule has 0 N–H and O–H groups in total. The van der Waals surface area contributed by atoms with Crippen molar-refractivity contribution in [1.82, 2.24) is 0 Å². The summed E-state index contributed by atoms with van der Waals surface area (Å²) < 4.78 is 0. The minimum Gasteiger partial charge on any atom is -0.291 e. The molecule has 1 atom stereocenters. The molecule has 1 aliphatic rings. The molecule has 0 aromatic heterocycles. The molecule has 0 radical (unpaired) electrons. The summed E-state index contributed by atoms with van der Waals surface area (Å²) in [4.78, 5) is 15.3. The fourth-order valence-electron chi connectivity index (χ4n) is 1.01. The van der Waals surface area contributed by atoms with Crippen molar-refractivity contribution >= 4 is 23.1 Å². The van der Waals surface area contributed by atoms with Crippen molar-refractivity contribution < 1.29 is 4.79 Å². The molecule has 0 saturated carbocycles. The van der Waals surface area contributed by atoms with Gasteiger partial charge in [-0.1, -0.05) is 0 Å². The number of allylic oxidation sites excluding steroid dienone is 2. The summed E-state index contributed by atoms with van der Waals surface area (Å²) in [6, 6.07) is 1.79. The van der Waals surface area contributed by atoms with Crippen molar-refractivity contribution in [2.24, 2.45) is 4.99 Å². The Morgan fingerprint density at radius 2 is 2.17 bits per heavy atom. The molecule has 3 nitrogen and oxygen atoms in total. The lowest BCUT2D eigenvalue weighted by Gasteiger charge is -2.13. The summed E-state index contributed by atoms with van der Waals surface area (Å²) in [5.41, 5.74) is 1.08. The first kappa shape index (κ1) is 8.95. The molecule has 0 fully saturated rings. The molecule has 0 aromatic carbocycles. The largest absolute Gasteiger partial charge is 0.291 e. The predicted molar refractivity (Wildman–Crippen MR) is 46.1 cm³/mol. The molecule has 1 rings (SSSR count). The van der Waals surface area contributed by atoms with E-state index in [4.69, 9.17) is 16.9 Å². The van der Waals surface area contributed by atoms with E-state index in [-0.39, 0.29) is 11.4 Å². The third kappa shape index (κ3) is 1.26. The lowest BCUT2D eigenvalue weighted by molar-refractivity contribution is -0.114. The van der Waals surface area contributed by atoms with Crippen LogP contribution in [0.15, 0.2) is 16.3 Å². The van der Waals surface area contributed by atoms with Gasteiger partial charge in [0.15, 0.2) is 5.78 Å². The fraction of sp³-hybridized carbons (Fsp3) is 0.375. The fourth-order valence-corrected chi connectivity index (χ4v) is 1.17. The van der Waals surface area contributed by atoms with Gasteiger partial charge < -0.3 is 0 Å². The molecule has 1 heterocycles. The van der Waals surface area contributed by atoms with Crippen LogP contribution >= 0.6 is 11.6 Å². The monoisotopic (exact) mass is 182 g/mol. The summed E-state index contributed by atoms with van der Waals surface area (Å²) in [5.74, 6) is -0.343. The number of halogens is 1. The third-order valence-corrected chi connectivity index (χ3v) is 2.18. The quantitative estimate of drug-likeness (QED) is 0.533. The topological polar surface area (TPSA) is 53.2 Å². The number of Topliss-reactive ketones (excluding diaryl/α,β-unsaturated/α-hetero) is 1. The zero-order valence-corrected chi connectivity index (χ0v) is 7.51. The van der Waals surface area contributed by atoms with Gasteiger partial charge in [0.2, 0.25) is 0 Å². The van der Waals surface area contributed by atoms with Gasteiger partial charge >= 0.3 is 0 Å². The molecule has 0 amide bonds. The number of nitrogens with zero attached hydrogens (tertiary/aromatic N) is 2. The second-order valence-corrected chi connectivity index (χ2v) is 2.99. The lowest BCUT2D eigenvalue weighted by Crippen LogP contribution is -2.27. The van der Waals surface area contributed by atoms with Crippen LogP contribution in [0, 0.1) is 11.3 Å². The summed E-state index contributed by atoms with van der Waals surface area (Å²) in [5, 5.41) is 7.82.